The number of hydrogen-bond donors (Lipinski definition) is 1. The maximum absolute atomic E-state index is 12.6. The number of ether oxygens (including phenoxy) is 1. The molecular weight excluding hydrogens is 470 g/mol. The van der Waals surface area contributed by atoms with Crippen molar-refractivity contribution in [3.63, 3.8) is 0 Å². The highest BCUT2D eigenvalue weighted by Gasteiger charge is 2.36. The Morgan fingerprint density at radius 3 is 2.83 bits per heavy atom. The minimum atomic E-state index is -0.585. The second-order valence-electron chi connectivity index (χ2n) is 7.63. The zero-order valence-corrected chi connectivity index (χ0v) is 19.1. The molecule has 0 saturated heterocycles. The van der Waals surface area contributed by atoms with Crippen LogP contribution in [0, 0.1) is 22.4 Å². The van der Waals surface area contributed by atoms with E-state index in [1.807, 2.05) is 31.2 Å². The Bertz CT molecular complexity index is 1470. The molecule has 0 atom stereocenters. The van der Waals surface area contributed by atoms with Crippen molar-refractivity contribution in [2.45, 2.75) is 6.92 Å². The zero-order chi connectivity index (χ0) is 24.5. The molecule has 0 bridgehead atoms. The number of fused-ring (bicyclic) bond motifs is 1. The first-order chi connectivity index (χ1) is 16.9. The number of nitrogens with zero attached hydrogens (tertiary/aromatic N) is 4. The van der Waals surface area contributed by atoms with Gasteiger partial charge in [0.05, 0.1) is 10.5 Å². The van der Waals surface area contributed by atoms with E-state index < -0.39 is 10.8 Å². The van der Waals surface area contributed by atoms with Gasteiger partial charge in [-0.2, -0.15) is 15.1 Å². The van der Waals surface area contributed by atoms with Crippen molar-refractivity contribution in [3.05, 3.63) is 87.7 Å². The van der Waals surface area contributed by atoms with Crippen LogP contribution in [-0.2, 0) is 4.79 Å². The summed E-state index contributed by atoms with van der Waals surface area (Å²) in [4.78, 5) is 27.2. The summed E-state index contributed by atoms with van der Waals surface area (Å²) in [5.74, 6) is 0.677. The Morgan fingerprint density at radius 1 is 1.20 bits per heavy atom. The van der Waals surface area contributed by atoms with Gasteiger partial charge in [-0.05, 0) is 54.6 Å². The number of nitrogens with one attached hydrogen (secondary N) is 1. The lowest BCUT2D eigenvalue weighted by Crippen LogP contribution is -2.35. The average molecular weight is 487 g/mol. The summed E-state index contributed by atoms with van der Waals surface area (Å²) in [6.07, 6.45) is 1.41. The van der Waals surface area contributed by atoms with Crippen molar-refractivity contribution in [3.8, 4) is 17.1 Å². The standard InChI is InChI=1S/C24H17N5O5S/c1-14-4-2-7-17(10-14)33-13-21-27-28-22(25)19(23(30)26-24(28)35-21)12-18-8-9-20(34-18)15-5-3-6-16(11-15)29(31)32/h2-12,25H,13H2,1H3/b19-12+,25-22?. The van der Waals surface area contributed by atoms with Gasteiger partial charge in [-0.1, -0.05) is 24.3 Å². The Balaban J connectivity index is 1.34. The van der Waals surface area contributed by atoms with Crippen LogP contribution in [0.1, 0.15) is 11.3 Å². The molecule has 0 unspecified atom stereocenters. The van der Waals surface area contributed by atoms with E-state index in [2.05, 4.69) is 10.1 Å². The summed E-state index contributed by atoms with van der Waals surface area (Å²) < 4.78 is 11.5. The molecule has 0 radical (unpaired) electrons. The quantitative estimate of drug-likeness (QED) is 0.298. The van der Waals surface area contributed by atoms with E-state index >= 15 is 0 Å². The molecule has 1 aromatic heterocycles. The topological polar surface area (TPSA) is 134 Å². The number of amides is 1. The molecule has 3 aromatic rings. The van der Waals surface area contributed by atoms with Gasteiger partial charge in [-0.15, -0.1) is 0 Å². The molecule has 0 spiro atoms. The van der Waals surface area contributed by atoms with Crippen LogP contribution in [0.3, 0.4) is 0 Å². The van der Waals surface area contributed by atoms with E-state index in [1.54, 1.807) is 24.3 Å². The van der Waals surface area contributed by atoms with E-state index in [1.165, 1.54) is 35.0 Å². The number of non-ortho nitro benzene ring substituents is 1. The molecule has 0 aliphatic carbocycles. The lowest BCUT2D eigenvalue weighted by atomic mass is 10.1. The number of furan rings is 1. The number of thioether (sulfide) groups is 1. The lowest BCUT2D eigenvalue weighted by Gasteiger charge is -2.19. The number of rotatable bonds is 6. The van der Waals surface area contributed by atoms with Crippen LogP contribution in [-0.4, -0.2) is 38.5 Å². The second kappa shape index (κ2) is 9.03. The van der Waals surface area contributed by atoms with Gasteiger partial charge in [-0.25, -0.2) is 0 Å². The van der Waals surface area contributed by atoms with Crippen LogP contribution < -0.4 is 4.74 Å². The predicted molar refractivity (Wildman–Crippen MR) is 132 cm³/mol. The van der Waals surface area contributed by atoms with Crippen LogP contribution in [0.5, 0.6) is 5.75 Å². The molecular formula is C24H17N5O5S. The van der Waals surface area contributed by atoms with Gasteiger partial charge < -0.3 is 9.15 Å². The van der Waals surface area contributed by atoms with E-state index in [4.69, 9.17) is 14.6 Å². The third kappa shape index (κ3) is 4.62. The number of benzene rings is 2. The fraction of sp³-hybridized carbons (Fsp3) is 0.0833. The Labute approximate surface area is 203 Å². The van der Waals surface area contributed by atoms with Gasteiger partial charge in [0, 0.05) is 17.7 Å². The summed E-state index contributed by atoms with van der Waals surface area (Å²) in [6.45, 7) is 2.14. The Morgan fingerprint density at radius 2 is 2.03 bits per heavy atom. The smallest absolute Gasteiger partial charge is 0.283 e. The van der Waals surface area contributed by atoms with Gasteiger partial charge in [0.2, 0.25) is 5.17 Å². The third-order valence-corrected chi connectivity index (χ3v) is 5.98. The minimum Gasteiger partial charge on any atom is -0.487 e. The SMILES string of the molecule is Cc1cccc(OCC2=NN3C(=N)/C(=C\c4ccc(-c5cccc([N+](=O)[O-])c5)o4)C(=O)N=C3S2)c1. The molecule has 10 nitrogen and oxygen atoms in total. The number of carbonyl (C=O) groups is 1. The second-order valence-corrected chi connectivity index (χ2v) is 8.67. The minimum absolute atomic E-state index is 0.0129. The van der Waals surface area contributed by atoms with Gasteiger partial charge >= 0.3 is 0 Å². The highest BCUT2D eigenvalue weighted by molar-refractivity contribution is 8.27. The van der Waals surface area contributed by atoms with Gasteiger partial charge in [-0.3, -0.25) is 20.3 Å². The normalized spacial score (nSPS) is 16.3. The average Bonchev–Trinajstić information content (AvgIpc) is 3.48. The Hall–Kier alpha value is -4.51. The Kier molecular flexibility index (Phi) is 5.75. The van der Waals surface area contributed by atoms with Crippen LogP contribution in [0.15, 0.2) is 80.7 Å². The molecule has 35 heavy (non-hydrogen) atoms. The largest absolute Gasteiger partial charge is 0.487 e. The maximum atomic E-state index is 12.6. The summed E-state index contributed by atoms with van der Waals surface area (Å²) >= 11 is 1.17. The summed E-state index contributed by atoms with van der Waals surface area (Å²) in [6, 6.07) is 16.9. The predicted octanol–water partition coefficient (Wildman–Crippen LogP) is 4.86. The molecule has 2 aliphatic rings. The monoisotopic (exact) mass is 487 g/mol. The number of aryl methyl sites for hydroxylation is 1. The number of hydrazone groups is 1. The number of nitro benzene ring substituents is 1. The molecule has 5 rings (SSSR count). The zero-order valence-electron chi connectivity index (χ0n) is 18.3. The molecule has 2 aromatic carbocycles. The number of aliphatic imine (C=N–C) groups is 1. The van der Waals surface area contributed by atoms with Crippen molar-refractivity contribution in [2.24, 2.45) is 10.1 Å². The van der Waals surface area contributed by atoms with Crippen LogP contribution in [0.2, 0.25) is 0 Å². The van der Waals surface area contributed by atoms with Crippen molar-refractivity contribution in [1.29, 1.82) is 5.41 Å². The lowest BCUT2D eigenvalue weighted by molar-refractivity contribution is -0.384. The fourth-order valence-corrected chi connectivity index (χ4v) is 4.24. The molecule has 0 saturated carbocycles. The maximum Gasteiger partial charge on any atom is 0.283 e. The van der Waals surface area contributed by atoms with Crippen molar-refractivity contribution in [2.75, 3.05) is 6.61 Å². The molecule has 3 heterocycles. The molecule has 1 amide bonds. The number of nitro groups is 1. The highest BCUT2D eigenvalue weighted by Crippen LogP contribution is 2.30. The van der Waals surface area contributed by atoms with Crippen molar-refractivity contribution < 1.29 is 18.9 Å². The number of carbonyl (C=O) groups excluding carboxylic acids is 1. The third-order valence-electron chi connectivity index (χ3n) is 5.10. The molecule has 0 fully saturated rings. The van der Waals surface area contributed by atoms with E-state index in [0.29, 0.717) is 27.9 Å². The van der Waals surface area contributed by atoms with E-state index in [9.17, 15) is 14.9 Å². The van der Waals surface area contributed by atoms with Crippen molar-refractivity contribution in [1.82, 2.24) is 5.01 Å². The van der Waals surface area contributed by atoms with E-state index in [0.717, 1.165) is 5.56 Å². The van der Waals surface area contributed by atoms with Crippen molar-refractivity contribution >= 4 is 45.5 Å². The summed E-state index contributed by atoms with van der Waals surface area (Å²) in [7, 11) is 0. The first-order valence-electron chi connectivity index (χ1n) is 10.4. The first-order valence-corrected chi connectivity index (χ1v) is 11.2. The van der Waals surface area contributed by atoms with Crippen LogP contribution >= 0.6 is 11.8 Å². The van der Waals surface area contributed by atoms with Gasteiger partial charge in [0.1, 0.15) is 28.9 Å². The molecule has 11 heteroatoms. The van der Waals surface area contributed by atoms with Crippen LogP contribution in [0.4, 0.5) is 5.69 Å². The van der Waals surface area contributed by atoms with Crippen LogP contribution in [0.25, 0.3) is 17.4 Å². The number of amidine groups is 2. The summed E-state index contributed by atoms with van der Waals surface area (Å²) in [5.41, 5.74) is 1.54. The fourth-order valence-electron chi connectivity index (χ4n) is 3.44. The first kappa shape index (κ1) is 22.3. The number of hydrogen-bond acceptors (Lipinski definition) is 8. The summed E-state index contributed by atoms with van der Waals surface area (Å²) in [5, 5.41) is 26.0. The highest BCUT2D eigenvalue weighted by atomic mass is 32.2. The van der Waals surface area contributed by atoms with Gasteiger partial charge in [0.15, 0.2) is 5.84 Å². The molecule has 2 aliphatic heterocycles. The molecule has 174 valence electrons. The van der Waals surface area contributed by atoms with E-state index in [-0.39, 0.29) is 28.9 Å². The van der Waals surface area contributed by atoms with Gasteiger partial charge in [0.25, 0.3) is 11.6 Å². The molecule has 1 N–H and O–H groups in total.